The van der Waals surface area contributed by atoms with Crippen molar-refractivity contribution in [3.63, 3.8) is 0 Å². The summed E-state index contributed by atoms with van der Waals surface area (Å²) < 4.78 is 5.60. The zero-order chi connectivity index (χ0) is 18.0. The number of allylic oxidation sites excluding steroid dienone is 3. The molecule has 0 bridgehead atoms. The molecule has 3 rings (SSSR count). The molecule has 134 valence electrons. The predicted molar refractivity (Wildman–Crippen MR) is 100 cm³/mol. The number of ether oxygens (including phenoxy) is 1. The lowest BCUT2D eigenvalue weighted by Crippen LogP contribution is -2.36. The number of ketones is 1. The molecule has 2 aliphatic rings. The Morgan fingerprint density at radius 3 is 2.80 bits per heavy atom. The summed E-state index contributed by atoms with van der Waals surface area (Å²) in [5.41, 5.74) is 9.22. The van der Waals surface area contributed by atoms with Crippen LogP contribution in [0, 0.1) is 5.41 Å². The molecule has 4 nitrogen and oxygen atoms in total. The number of dihydropyridines is 1. The maximum atomic E-state index is 12.9. The van der Waals surface area contributed by atoms with Gasteiger partial charge in [0.05, 0.1) is 13.2 Å². The summed E-state index contributed by atoms with van der Waals surface area (Å²) in [4.78, 5) is 12.9. The molecular formula is C20H25ClN2O2. The number of Topliss-reactive ketones (excluding diaryl/α,β-unsaturated/α-hetero) is 1. The van der Waals surface area contributed by atoms with Gasteiger partial charge in [-0.1, -0.05) is 49.7 Å². The molecule has 0 spiro atoms. The number of halogens is 1. The van der Waals surface area contributed by atoms with Gasteiger partial charge in [0.2, 0.25) is 0 Å². The number of nitrogens with one attached hydrogen (secondary N) is 1. The third-order valence-corrected chi connectivity index (χ3v) is 5.01. The van der Waals surface area contributed by atoms with Gasteiger partial charge in [0, 0.05) is 40.9 Å². The Bertz CT molecular complexity index is 737. The lowest BCUT2D eigenvalue weighted by atomic mass is 9.70. The summed E-state index contributed by atoms with van der Waals surface area (Å²) >= 11 is 6.44. The number of hydrogen-bond acceptors (Lipinski definition) is 4. The fourth-order valence-electron chi connectivity index (χ4n) is 3.65. The van der Waals surface area contributed by atoms with E-state index in [4.69, 9.17) is 22.1 Å². The standard InChI is InChI=1S/C20H25ClN2O2/c1-20(2)10-17-19(18(24)11-20)15(14-5-3-4-6-16(14)21)9-13(23-17)12-25-8-7-22/h3-6,9,15,23H,7-8,10-12,22H2,1-2H3. The molecule has 0 amide bonds. The number of carbonyl (C=O) groups is 1. The van der Waals surface area contributed by atoms with Crippen molar-refractivity contribution in [3.8, 4) is 0 Å². The van der Waals surface area contributed by atoms with E-state index in [0.717, 1.165) is 29.0 Å². The van der Waals surface area contributed by atoms with Gasteiger partial charge in [0.15, 0.2) is 5.78 Å². The highest BCUT2D eigenvalue weighted by Crippen LogP contribution is 2.44. The fourth-order valence-corrected chi connectivity index (χ4v) is 3.90. The van der Waals surface area contributed by atoms with Crippen LogP contribution >= 0.6 is 11.6 Å². The maximum Gasteiger partial charge on any atom is 0.162 e. The first-order valence-corrected chi connectivity index (χ1v) is 9.05. The number of carbonyl (C=O) groups excluding carboxylic acids is 1. The Labute approximate surface area is 154 Å². The van der Waals surface area contributed by atoms with E-state index in [9.17, 15) is 4.79 Å². The second-order valence-corrected chi connectivity index (χ2v) is 7.90. The van der Waals surface area contributed by atoms with Crippen LogP contribution in [0.25, 0.3) is 0 Å². The van der Waals surface area contributed by atoms with E-state index in [1.54, 1.807) is 0 Å². The molecule has 25 heavy (non-hydrogen) atoms. The van der Waals surface area contributed by atoms with E-state index in [1.807, 2.05) is 24.3 Å². The van der Waals surface area contributed by atoms with Gasteiger partial charge < -0.3 is 15.8 Å². The van der Waals surface area contributed by atoms with E-state index < -0.39 is 0 Å². The molecule has 1 atom stereocenters. The highest BCUT2D eigenvalue weighted by atomic mass is 35.5. The quantitative estimate of drug-likeness (QED) is 0.788. The molecule has 0 radical (unpaired) electrons. The topological polar surface area (TPSA) is 64.3 Å². The average molecular weight is 361 g/mol. The minimum absolute atomic E-state index is 0.0471. The minimum Gasteiger partial charge on any atom is -0.374 e. The maximum absolute atomic E-state index is 12.9. The zero-order valence-electron chi connectivity index (χ0n) is 14.8. The molecule has 1 aromatic carbocycles. The van der Waals surface area contributed by atoms with Crippen molar-refractivity contribution >= 4 is 17.4 Å². The lowest BCUT2D eigenvalue weighted by Gasteiger charge is -2.38. The summed E-state index contributed by atoms with van der Waals surface area (Å²) in [5.74, 6) is 0.0619. The summed E-state index contributed by atoms with van der Waals surface area (Å²) in [7, 11) is 0. The smallest absolute Gasteiger partial charge is 0.162 e. The molecule has 5 heteroatoms. The normalized spacial score (nSPS) is 22.3. The SMILES string of the molecule is CC1(C)CC(=O)C2=C(C1)NC(COCCN)=CC2c1ccccc1Cl. The molecule has 1 unspecified atom stereocenters. The lowest BCUT2D eigenvalue weighted by molar-refractivity contribution is -0.118. The van der Waals surface area contributed by atoms with Crippen molar-refractivity contribution in [3.05, 3.63) is 57.9 Å². The zero-order valence-corrected chi connectivity index (χ0v) is 15.5. The monoisotopic (exact) mass is 360 g/mol. The van der Waals surface area contributed by atoms with Gasteiger partial charge in [-0.05, 0) is 23.5 Å². The molecule has 1 heterocycles. The summed E-state index contributed by atoms with van der Waals surface area (Å²) in [6.07, 6.45) is 3.46. The van der Waals surface area contributed by atoms with Crippen molar-refractivity contribution in [1.82, 2.24) is 5.32 Å². The molecule has 0 saturated heterocycles. The molecule has 1 aliphatic heterocycles. The predicted octanol–water partition coefficient (Wildman–Crippen LogP) is 3.53. The number of benzene rings is 1. The van der Waals surface area contributed by atoms with Crippen LogP contribution < -0.4 is 11.1 Å². The van der Waals surface area contributed by atoms with Crippen LogP contribution in [0.15, 0.2) is 47.3 Å². The Balaban J connectivity index is 2.00. The van der Waals surface area contributed by atoms with Gasteiger partial charge in [0.1, 0.15) is 0 Å². The Morgan fingerprint density at radius 2 is 2.08 bits per heavy atom. The fraction of sp³-hybridized carbons (Fsp3) is 0.450. The van der Waals surface area contributed by atoms with Crippen molar-refractivity contribution in [1.29, 1.82) is 0 Å². The van der Waals surface area contributed by atoms with Gasteiger partial charge in [-0.25, -0.2) is 0 Å². The third-order valence-electron chi connectivity index (χ3n) is 4.67. The van der Waals surface area contributed by atoms with E-state index >= 15 is 0 Å². The van der Waals surface area contributed by atoms with Gasteiger partial charge in [-0.15, -0.1) is 0 Å². The van der Waals surface area contributed by atoms with Crippen LogP contribution in [-0.2, 0) is 9.53 Å². The van der Waals surface area contributed by atoms with E-state index in [2.05, 4.69) is 25.2 Å². The van der Waals surface area contributed by atoms with Crippen molar-refractivity contribution in [2.24, 2.45) is 11.1 Å². The second-order valence-electron chi connectivity index (χ2n) is 7.49. The Hall–Kier alpha value is -1.62. The van der Waals surface area contributed by atoms with E-state index in [-0.39, 0.29) is 17.1 Å². The highest BCUT2D eigenvalue weighted by molar-refractivity contribution is 6.31. The first-order valence-electron chi connectivity index (χ1n) is 8.67. The average Bonchev–Trinajstić information content (AvgIpc) is 2.53. The van der Waals surface area contributed by atoms with Gasteiger partial charge >= 0.3 is 0 Å². The van der Waals surface area contributed by atoms with Gasteiger partial charge in [-0.3, -0.25) is 4.79 Å². The molecule has 1 aromatic rings. The van der Waals surface area contributed by atoms with Gasteiger partial charge in [0.25, 0.3) is 0 Å². The molecule has 3 N–H and O–H groups in total. The van der Waals surface area contributed by atoms with Crippen LogP contribution in [0.1, 0.15) is 38.2 Å². The van der Waals surface area contributed by atoms with Crippen LogP contribution in [0.4, 0.5) is 0 Å². The molecule has 0 aromatic heterocycles. The summed E-state index contributed by atoms with van der Waals surface area (Å²) in [6.45, 7) is 5.70. The number of rotatable bonds is 5. The van der Waals surface area contributed by atoms with Crippen LogP contribution in [0.3, 0.4) is 0 Å². The van der Waals surface area contributed by atoms with Crippen molar-refractivity contribution in [2.75, 3.05) is 19.8 Å². The number of hydrogen-bond donors (Lipinski definition) is 2. The molecule has 0 saturated carbocycles. The largest absolute Gasteiger partial charge is 0.374 e. The van der Waals surface area contributed by atoms with Crippen LogP contribution in [0.5, 0.6) is 0 Å². The first-order chi connectivity index (χ1) is 11.9. The molecule has 0 fully saturated rings. The Morgan fingerprint density at radius 1 is 1.32 bits per heavy atom. The van der Waals surface area contributed by atoms with Crippen molar-refractivity contribution in [2.45, 2.75) is 32.6 Å². The minimum atomic E-state index is -0.134. The van der Waals surface area contributed by atoms with Crippen molar-refractivity contribution < 1.29 is 9.53 Å². The second kappa shape index (κ2) is 7.32. The molecule has 1 aliphatic carbocycles. The third kappa shape index (κ3) is 3.97. The van der Waals surface area contributed by atoms with Crippen LogP contribution in [0.2, 0.25) is 5.02 Å². The Kier molecular flexibility index (Phi) is 5.32. The van der Waals surface area contributed by atoms with Crippen LogP contribution in [-0.4, -0.2) is 25.5 Å². The first kappa shape index (κ1) is 18.2. The molecular weight excluding hydrogens is 336 g/mol. The highest BCUT2D eigenvalue weighted by Gasteiger charge is 2.38. The van der Waals surface area contributed by atoms with E-state index in [0.29, 0.717) is 31.2 Å². The summed E-state index contributed by atoms with van der Waals surface area (Å²) in [5, 5.41) is 4.11. The van der Waals surface area contributed by atoms with E-state index in [1.165, 1.54) is 0 Å². The summed E-state index contributed by atoms with van der Waals surface area (Å²) in [6, 6.07) is 7.72. The van der Waals surface area contributed by atoms with Gasteiger partial charge in [-0.2, -0.15) is 0 Å². The number of nitrogens with two attached hydrogens (primary N) is 1.